The van der Waals surface area contributed by atoms with Crippen molar-refractivity contribution in [2.45, 2.75) is 26.2 Å². The predicted octanol–water partition coefficient (Wildman–Crippen LogP) is 5.81. The molecule has 4 aromatic heterocycles. The highest BCUT2D eigenvalue weighted by molar-refractivity contribution is 5.99. The number of nitrogens with one attached hydrogen (secondary N) is 2. The van der Waals surface area contributed by atoms with Crippen LogP contribution in [0.25, 0.3) is 16.9 Å². The number of ether oxygens (including phenoxy) is 1. The van der Waals surface area contributed by atoms with Crippen molar-refractivity contribution < 1.29 is 13.9 Å². The normalized spacial score (nSPS) is 11.1. The first-order chi connectivity index (χ1) is 19.6. The van der Waals surface area contributed by atoms with Crippen molar-refractivity contribution in [3.05, 3.63) is 90.5 Å². The van der Waals surface area contributed by atoms with Crippen LogP contribution >= 0.6 is 0 Å². The Balaban J connectivity index is 1.31. The summed E-state index contributed by atoms with van der Waals surface area (Å²) < 4.78 is 24.0. The van der Waals surface area contributed by atoms with Gasteiger partial charge < -0.3 is 10.1 Å². The van der Waals surface area contributed by atoms with Crippen LogP contribution in [0.1, 0.15) is 32.2 Å². The monoisotopic (exact) mass is 551 g/mol. The minimum absolute atomic E-state index is 0.0391. The smallest absolute Gasteiger partial charge is 0.324 e. The zero-order valence-electron chi connectivity index (χ0n) is 22.8. The number of anilines is 2. The summed E-state index contributed by atoms with van der Waals surface area (Å²) in [5.74, 6) is 0.385. The fraction of sp³-hybridized carbons (Fsp3) is 0.172. The van der Waals surface area contributed by atoms with Gasteiger partial charge in [-0.2, -0.15) is 15.5 Å². The molecule has 0 saturated carbocycles. The highest BCUT2D eigenvalue weighted by Crippen LogP contribution is 2.29. The van der Waals surface area contributed by atoms with Gasteiger partial charge in [0, 0.05) is 48.6 Å². The number of nitriles is 1. The Bertz CT molecular complexity index is 1760. The molecule has 2 amide bonds. The molecule has 2 N–H and O–H groups in total. The number of aromatic nitrogens is 6. The van der Waals surface area contributed by atoms with Gasteiger partial charge in [0.15, 0.2) is 0 Å². The number of rotatable bonds is 6. The van der Waals surface area contributed by atoms with E-state index in [1.807, 2.05) is 40.1 Å². The van der Waals surface area contributed by atoms with E-state index in [-0.39, 0.29) is 22.5 Å². The molecule has 0 bridgehead atoms. The number of aryl methyl sites for hydroxylation is 1. The highest BCUT2D eigenvalue weighted by Gasteiger charge is 2.22. The molecule has 11 nitrogen and oxygen atoms in total. The van der Waals surface area contributed by atoms with Crippen LogP contribution in [0.15, 0.2) is 73.3 Å². The van der Waals surface area contributed by atoms with Gasteiger partial charge in [-0.15, -0.1) is 0 Å². The number of nitrogens with zero attached hydrogens (tertiary/aromatic N) is 7. The van der Waals surface area contributed by atoms with Gasteiger partial charge in [0.25, 0.3) is 0 Å². The van der Waals surface area contributed by atoms with Gasteiger partial charge in [-0.05, 0) is 30.3 Å². The summed E-state index contributed by atoms with van der Waals surface area (Å²) in [5, 5.41) is 23.1. The van der Waals surface area contributed by atoms with Gasteiger partial charge in [-0.25, -0.2) is 18.9 Å². The third-order valence-electron chi connectivity index (χ3n) is 5.98. The molecule has 0 aliphatic heterocycles. The molecule has 0 aliphatic carbocycles. The zero-order valence-corrected chi connectivity index (χ0v) is 22.8. The first-order valence-electron chi connectivity index (χ1n) is 12.6. The molecule has 0 fully saturated rings. The number of urea groups is 1. The van der Waals surface area contributed by atoms with Crippen molar-refractivity contribution in [1.82, 2.24) is 29.5 Å². The Morgan fingerprint density at radius 3 is 2.49 bits per heavy atom. The van der Waals surface area contributed by atoms with Crippen LogP contribution in [-0.4, -0.2) is 35.6 Å². The number of hydrogen-bond donors (Lipinski definition) is 2. The third-order valence-corrected chi connectivity index (χ3v) is 5.98. The van der Waals surface area contributed by atoms with E-state index >= 15 is 0 Å². The van der Waals surface area contributed by atoms with E-state index in [9.17, 15) is 9.18 Å². The van der Waals surface area contributed by atoms with E-state index in [1.165, 1.54) is 23.0 Å². The second-order valence-electron chi connectivity index (χ2n) is 10.2. The van der Waals surface area contributed by atoms with Crippen molar-refractivity contribution in [2.24, 2.45) is 7.05 Å². The number of halogens is 1. The van der Waals surface area contributed by atoms with Crippen molar-refractivity contribution >= 4 is 17.5 Å². The standard InChI is InChI=1S/C29H26FN9O2/c1-29(2,3)26-13-27(39(37-26)20-6-5-19(14-31)33-16-20)36-28(40)35-24-8-7-21(11-23(24)30)41-22-9-10-32-25(12-22)18-15-34-38(4)17-18/h5-13,15-17H,1-4H3,(H2,35,36,40). The van der Waals surface area contributed by atoms with Crippen LogP contribution in [0.5, 0.6) is 11.5 Å². The van der Waals surface area contributed by atoms with Crippen LogP contribution in [0.4, 0.5) is 20.7 Å². The Labute approximate surface area is 235 Å². The Hall–Kier alpha value is -5.57. The number of carbonyl (C=O) groups excluding carboxylic acids is 1. The van der Waals surface area contributed by atoms with Crippen LogP contribution in [0.3, 0.4) is 0 Å². The van der Waals surface area contributed by atoms with Crippen LogP contribution in [-0.2, 0) is 12.5 Å². The number of hydrogen-bond acceptors (Lipinski definition) is 7. The maximum absolute atomic E-state index is 15.0. The van der Waals surface area contributed by atoms with Crippen LogP contribution < -0.4 is 15.4 Å². The largest absolute Gasteiger partial charge is 0.457 e. The second-order valence-corrected chi connectivity index (χ2v) is 10.2. The van der Waals surface area contributed by atoms with E-state index in [0.717, 1.165) is 5.56 Å². The molecule has 4 heterocycles. The van der Waals surface area contributed by atoms with Gasteiger partial charge in [0.2, 0.25) is 0 Å². The molecule has 0 atom stereocenters. The molecule has 41 heavy (non-hydrogen) atoms. The molecule has 0 saturated heterocycles. The maximum atomic E-state index is 15.0. The average Bonchev–Trinajstić information content (AvgIpc) is 3.57. The Kier molecular flexibility index (Phi) is 7.18. The summed E-state index contributed by atoms with van der Waals surface area (Å²) in [5.41, 5.74) is 2.65. The zero-order chi connectivity index (χ0) is 29.1. The van der Waals surface area contributed by atoms with Crippen molar-refractivity contribution in [1.29, 1.82) is 5.26 Å². The van der Waals surface area contributed by atoms with E-state index in [0.29, 0.717) is 28.6 Å². The van der Waals surface area contributed by atoms with E-state index in [2.05, 4.69) is 30.8 Å². The molecule has 0 spiro atoms. The molecule has 206 valence electrons. The molecule has 0 unspecified atom stereocenters. The first-order valence-corrected chi connectivity index (χ1v) is 12.6. The lowest BCUT2D eigenvalue weighted by Gasteiger charge is -2.14. The lowest BCUT2D eigenvalue weighted by atomic mass is 9.92. The summed E-state index contributed by atoms with van der Waals surface area (Å²) in [7, 11) is 1.81. The van der Waals surface area contributed by atoms with Crippen LogP contribution in [0, 0.1) is 17.1 Å². The topological polar surface area (TPSA) is 136 Å². The molecule has 12 heteroatoms. The molecular formula is C29H26FN9O2. The summed E-state index contributed by atoms with van der Waals surface area (Å²) in [6, 6.07) is 13.8. The second kappa shape index (κ2) is 10.9. The Morgan fingerprint density at radius 2 is 1.83 bits per heavy atom. The highest BCUT2D eigenvalue weighted by atomic mass is 19.1. The summed E-state index contributed by atoms with van der Waals surface area (Å²) in [6.45, 7) is 5.97. The van der Waals surface area contributed by atoms with Gasteiger partial charge in [0.05, 0.1) is 35.2 Å². The minimum Gasteiger partial charge on any atom is -0.457 e. The molecule has 5 rings (SSSR count). The average molecular weight is 552 g/mol. The number of carbonyl (C=O) groups is 1. The van der Waals surface area contributed by atoms with Gasteiger partial charge in [0.1, 0.15) is 34.9 Å². The molecule has 5 aromatic rings. The number of amides is 2. The maximum Gasteiger partial charge on any atom is 0.324 e. The van der Waals surface area contributed by atoms with E-state index < -0.39 is 11.8 Å². The Morgan fingerprint density at radius 1 is 1.02 bits per heavy atom. The molecule has 1 aromatic carbocycles. The molecule has 0 radical (unpaired) electrons. The van der Waals surface area contributed by atoms with Gasteiger partial charge in [-0.1, -0.05) is 20.8 Å². The number of benzene rings is 1. The fourth-order valence-corrected chi connectivity index (χ4v) is 3.86. The fourth-order valence-electron chi connectivity index (χ4n) is 3.86. The summed E-state index contributed by atoms with van der Waals surface area (Å²) in [4.78, 5) is 21.3. The van der Waals surface area contributed by atoms with Gasteiger partial charge >= 0.3 is 6.03 Å². The molecular weight excluding hydrogens is 525 g/mol. The van der Waals surface area contributed by atoms with Crippen LogP contribution in [0.2, 0.25) is 0 Å². The summed E-state index contributed by atoms with van der Waals surface area (Å²) >= 11 is 0. The quantitative estimate of drug-likeness (QED) is 0.272. The SMILES string of the molecule is Cn1cc(-c2cc(Oc3ccc(NC(=O)Nc4cc(C(C)(C)C)nn4-c4ccc(C#N)nc4)c(F)c3)ccn2)cn1. The third kappa shape index (κ3) is 6.20. The summed E-state index contributed by atoms with van der Waals surface area (Å²) in [6.07, 6.45) is 6.60. The predicted molar refractivity (Wildman–Crippen MR) is 150 cm³/mol. The van der Waals surface area contributed by atoms with Crippen molar-refractivity contribution in [2.75, 3.05) is 10.6 Å². The van der Waals surface area contributed by atoms with E-state index in [1.54, 1.807) is 53.5 Å². The first kappa shape index (κ1) is 27.0. The van der Waals surface area contributed by atoms with Crippen molar-refractivity contribution in [3.8, 4) is 34.5 Å². The van der Waals surface area contributed by atoms with Gasteiger partial charge in [-0.3, -0.25) is 15.0 Å². The lowest BCUT2D eigenvalue weighted by Crippen LogP contribution is -2.22. The lowest BCUT2D eigenvalue weighted by molar-refractivity contribution is 0.262. The van der Waals surface area contributed by atoms with E-state index in [4.69, 9.17) is 10.00 Å². The molecule has 0 aliphatic rings. The minimum atomic E-state index is -0.681. The number of pyridine rings is 2. The van der Waals surface area contributed by atoms with Crippen molar-refractivity contribution in [3.63, 3.8) is 0 Å².